The summed E-state index contributed by atoms with van der Waals surface area (Å²) in [4.78, 5) is 3.97. The highest BCUT2D eigenvalue weighted by atomic mass is 35.5. The Morgan fingerprint density at radius 2 is 2.00 bits per heavy atom. The average Bonchev–Trinajstić information content (AvgIpc) is 2.56. The predicted octanol–water partition coefficient (Wildman–Crippen LogP) is 2.52. The van der Waals surface area contributed by atoms with Crippen molar-refractivity contribution in [3.05, 3.63) is 29.3 Å². The van der Waals surface area contributed by atoms with Crippen LogP contribution in [0.15, 0.2) is 24.3 Å². The van der Waals surface area contributed by atoms with E-state index >= 15 is 0 Å². The van der Waals surface area contributed by atoms with Gasteiger partial charge in [-0.1, -0.05) is 11.6 Å². The molecule has 0 fully saturated rings. The van der Waals surface area contributed by atoms with Crippen LogP contribution in [0.1, 0.15) is 0 Å². The maximum atomic E-state index is 5.74. The third-order valence-corrected chi connectivity index (χ3v) is 2.34. The number of hydrogen-bond donors (Lipinski definition) is 2. The van der Waals surface area contributed by atoms with E-state index in [-0.39, 0.29) is 0 Å². The van der Waals surface area contributed by atoms with Crippen molar-refractivity contribution in [2.45, 2.75) is 0 Å². The van der Waals surface area contributed by atoms with Gasteiger partial charge in [0.25, 0.3) is 0 Å². The Bertz CT molecular complexity index is 425. The van der Waals surface area contributed by atoms with Gasteiger partial charge in [-0.05, 0) is 24.3 Å². The summed E-state index contributed by atoms with van der Waals surface area (Å²) in [5.41, 5.74) is 6.32. The highest BCUT2D eigenvalue weighted by Gasteiger charge is 2.00. The van der Waals surface area contributed by atoms with Gasteiger partial charge >= 0.3 is 0 Å². The van der Waals surface area contributed by atoms with Crippen LogP contribution in [0.5, 0.6) is 0 Å². The van der Waals surface area contributed by atoms with Crippen LogP contribution in [0.2, 0.25) is 5.02 Å². The Kier molecular flexibility index (Phi) is 2.51. The molecule has 3 N–H and O–H groups in total. The Labute approximate surface area is 89.9 Å². The molecule has 1 aromatic carbocycles. The lowest BCUT2D eigenvalue weighted by Gasteiger charge is -2.00. The van der Waals surface area contributed by atoms with E-state index in [1.807, 2.05) is 12.1 Å². The largest absolute Gasteiger partial charge is 0.374 e. The molecule has 4 nitrogen and oxygen atoms in total. The number of rotatable bonds is 2. The lowest BCUT2D eigenvalue weighted by Crippen LogP contribution is -1.92. The summed E-state index contributed by atoms with van der Waals surface area (Å²) in [6, 6.07) is 7.28. The first-order chi connectivity index (χ1) is 6.74. The number of hydrogen-bond acceptors (Lipinski definition) is 5. The number of nitrogen functional groups attached to an aromatic ring is 1. The van der Waals surface area contributed by atoms with Crippen LogP contribution in [-0.2, 0) is 0 Å². The Morgan fingerprint density at radius 1 is 1.29 bits per heavy atom. The number of nitrogens with one attached hydrogen (secondary N) is 1. The maximum Gasteiger partial charge on any atom is 0.240 e. The fourth-order valence-electron chi connectivity index (χ4n) is 0.948. The van der Waals surface area contributed by atoms with Crippen LogP contribution in [-0.4, -0.2) is 9.36 Å². The predicted molar refractivity (Wildman–Crippen MR) is 59.1 cm³/mol. The van der Waals surface area contributed by atoms with Crippen LogP contribution in [0.4, 0.5) is 16.8 Å². The smallest absolute Gasteiger partial charge is 0.240 e. The van der Waals surface area contributed by atoms with Crippen LogP contribution in [0.25, 0.3) is 0 Å². The van der Waals surface area contributed by atoms with Gasteiger partial charge in [0.05, 0.1) is 0 Å². The van der Waals surface area contributed by atoms with Crippen molar-refractivity contribution < 1.29 is 0 Å². The van der Waals surface area contributed by atoms with Crippen molar-refractivity contribution in [1.82, 2.24) is 9.36 Å². The van der Waals surface area contributed by atoms with E-state index in [0.29, 0.717) is 16.1 Å². The molecule has 0 aliphatic carbocycles. The summed E-state index contributed by atoms with van der Waals surface area (Å²) < 4.78 is 3.99. The van der Waals surface area contributed by atoms with Gasteiger partial charge in [-0.2, -0.15) is 9.36 Å². The molecule has 6 heteroatoms. The standard InChI is InChI=1S/C8H7ClN4S/c9-5-1-3-6(4-2-5)11-8-12-7(10)14-13-8/h1-4H,(H3,10,11,12,13). The topological polar surface area (TPSA) is 63.8 Å². The SMILES string of the molecule is Nc1nc(Nc2ccc(Cl)cc2)ns1. The van der Waals surface area contributed by atoms with Gasteiger partial charge in [0.1, 0.15) is 0 Å². The summed E-state index contributed by atoms with van der Waals surface area (Å²) >= 11 is 6.90. The van der Waals surface area contributed by atoms with E-state index in [4.69, 9.17) is 17.3 Å². The zero-order valence-corrected chi connectivity index (χ0v) is 8.64. The van der Waals surface area contributed by atoms with Gasteiger partial charge in [0, 0.05) is 22.2 Å². The van der Waals surface area contributed by atoms with Crippen molar-refractivity contribution in [1.29, 1.82) is 0 Å². The molecular formula is C8H7ClN4S. The third-order valence-electron chi connectivity index (χ3n) is 1.54. The van der Waals surface area contributed by atoms with Gasteiger partial charge < -0.3 is 11.1 Å². The van der Waals surface area contributed by atoms with E-state index in [1.165, 1.54) is 0 Å². The van der Waals surface area contributed by atoms with Crippen molar-refractivity contribution >= 4 is 39.9 Å². The summed E-state index contributed by atoms with van der Waals surface area (Å²) in [6.45, 7) is 0. The molecule has 2 aromatic rings. The zero-order valence-electron chi connectivity index (χ0n) is 7.07. The monoisotopic (exact) mass is 226 g/mol. The molecular weight excluding hydrogens is 220 g/mol. The van der Waals surface area contributed by atoms with Crippen LogP contribution in [0.3, 0.4) is 0 Å². The van der Waals surface area contributed by atoms with Crippen molar-refractivity contribution in [3.63, 3.8) is 0 Å². The molecule has 0 aliphatic rings. The van der Waals surface area contributed by atoms with E-state index in [1.54, 1.807) is 12.1 Å². The Hall–Kier alpha value is -1.33. The number of nitrogens with zero attached hydrogens (tertiary/aromatic N) is 2. The molecule has 0 unspecified atom stereocenters. The van der Waals surface area contributed by atoms with Gasteiger partial charge in [-0.3, -0.25) is 0 Å². The summed E-state index contributed by atoms with van der Waals surface area (Å²) in [6.07, 6.45) is 0. The highest BCUT2D eigenvalue weighted by Crippen LogP contribution is 2.18. The molecule has 0 saturated heterocycles. The Morgan fingerprint density at radius 3 is 2.57 bits per heavy atom. The van der Waals surface area contributed by atoms with Gasteiger partial charge in [-0.25, -0.2) is 0 Å². The first kappa shape index (κ1) is 9.23. The fourth-order valence-corrected chi connectivity index (χ4v) is 1.47. The fraction of sp³-hybridized carbons (Fsp3) is 0. The zero-order chi connectivity index (χ0) is 9.97. The van der Waals surface area contributed by atoms with Crippen molar-refractivity contribution in [2.75, 3.05) is 11.1 Å². The second kappa shape index (κ2) is 3.81. The molecule has 2 rings (SSSR count). The molecule has 0 atom stereocenters. The average molecular weight is 227 g/mol. The lowest BCUT2D eigenvalue weighted by atomic mass is 10.3. The quantitative estimate of drug-likeness (QED) is 0.826. The van der Waals surface area contributed by atoms with Gasteiger partial charge in [0.2, 0.25) is 11.1 Å². The molecule has 14 heavy (non-hydrogen) atoms. The first-order valence-electron chi connectivity index (χ1n) is 3.86. The molecule has 0 amide bonds. The molecule has 72 valence electrons. The molecule has 1 aromatic heterocycles. The molecule has 0 radical (unpaired) electrons. The lowest BCUT2D eigenvalue weighted by molar-refractivity contribution is 1.31. The maximum absolute atomic E-state index is 5.74. The van der Waals surface area contributed by atoms with E-state index < -0.39 is 0 Å². The minimum absolute atomic E-state index is 0.446. The van der Waals surface area contributed by atoms with E-state index in [9.17, 15) is 0 Å². The summed E-state index contributed by atoms with van der Waals surface area (Å²) in [5, 5.41) is 4.14. The van der Waals surface area contributed by atoms with Gasteiger partial charge in [0.15, 0.2) is 0 Å². The Balaban J connectivity index is 2.15. The normalized spacial score (nSPS) is 10.1. The minimum atomic E-state index is 0.446. The van der Waals surface area contributed by atoms with Crippen molar-refractivity contribution in [3.8, 4) is 0 Å². The number of halogens is 1. The molecule has 1 heterocycles. The second-order valence-corrected chi connectivity index (χ2v) is 3.81. The van der Waals surface area contributed by atoms with E-state index in [0.717, 1.165) is 17.2 Å². The van der Waals surface area contributed by atoms with Crippen LogP contribution < -0.4 is 11.1 Å². The molecule has 0 spiro atoms. The number of anilines is 3. The first-order valence-corrected chi connectivity index (χ1v) is 5.01. The van der Waals surface area contributed by atoms with Crippen molar-refractivity contribution in [2.24, 2.45) is 0 Å². The number of nitrogens with two attached hydrogens (primary N) is 1. The highest BCUT2D eigenvalue weighted by molar-refractivity contribution is 7.09. The van der Waals surface area contributed by atoms with Crippen LogP contribution in [0, 0.1) is 0 Å². The molecule has 0 bridgehead atoms. The molecule has 0 aliphatic heterocycles. The van der Waals surface area contributed by atoms with Crippen LogP contribution >= 0.6 is 23.1 Å². The number of aromatic nitrogens is 2. The summed E-state index contributed by atoms with van der Waals surface area (Å²) in [7, 11) is 0. The second-order valence-electron chi connectivity index (χ2n) is 2.59. The number of benzene rings is 1. The van der Waals surface area contributed by atoms with E-state index in [2.05, 4.69) is 14.7 Å². The molecule has 0 saturated carbocycles. The summed E-state index contributed by atoms with van der Waals surface area (Å²) in [5.74, 6) is 0.509. The minimum Gasteiger partial charge on any atom is -0.374 e. The van der Waals surface area contributed by atoms with Gasteiger partial charge in [-0.15, -0.1) is 0 Å². The third kappa shape index (κ3) is 2.12.